The summed E-state index contributed by atoms with van der Waals surface area (Å²) in [6.45, 7) is 5.79. The lowest BCUT2D eigenvalue weighted by Gasteiger charge is -2.20. The normalized spacial score (nSPS) is 16.5. The molecule has 1 heterocycles. The zero-order valence-corrected chi connectivity index (χ0v) is 10.9. The van der Waals surface area contributed by atoms with Gasteiger partial charge < -0.3 is 11.1 Å². The maximum absolute atomic E-state index is 11.9. The van der Waals surface area contributed by atoms with Gasteiger partial charge in [0.2, 0.25) is 5.91 Å². The minimum Gasteiger partial charge on any atom is -0.348 e. The summed E-state index contributed by atoms with van der Waals surface area (Å²) in [5.74, 6) is -0.107. The van der Waals surface area contributed by atoms with Crippen LogP contribution in [0.15, 0.2) is 17.5 Å². The lowest BCUT2D eigenvalue weighted by molar-refractivity contribution is -0.125. The second kappa shape index (κ2) is 6.01. The number of rotatable bonds is 5. The molecule has 1 aromatic heterocycles. The van der Waals surface area contributed by atoms with Gasteiger partial charge in [-0.1, -0.05) is 19.9 Å². The van der Waals surface area contributed by atoms with Crippen molar-refractivity contribution in [2.24, 2.45) is 11.7 Å². The molecule has 0 aliphatic rings. The van der Waals surface area contributed by atoms with Gasteiger partial charge in [0.25, 0.3) is 0 Å². The van der Waals surface area contributed by atoms with Crippen LogP contribution in [-0.2, 0) is 4.79 Å². The molecule has 3 atom stereocenters. The van der Waals surface area contributed by atoms with E-state index in [1.165, 1.54) is 4.88 Å². The monoisotopic (exact) mass is 240 g/mol. The number of nitrogens with two attached hydrogens (primary N) is 1. The van der Waals surface area contributed by atoms with Gasteiger partial charge in [0.05, 0.1) is 6.04 Å². The molecule has 16 heavy (non-hydrogen) atoms. The highest BCUT2D eigenvalue weighted by Gasteiger charge is 2.20. The molecule has 3 N–H and O–H groups in total. The van der Waals surface area contributed by atoms with E-state index in [0.717, 1.165) is 6.42 Å². The fourth-order valence-electron chi connectivity index (χ4n) is 1.41. The average molecular weight is 240 g/mol. The minimum atomic E-state index is -0.144. The van der Waals surface area contributed by atoms with Crippen LogP contribution in [0.5, 0.6) is 0 Å². The van der Waals surface area contributed by atoms with E-state index >= 15 is 0 Å². The zero-order valence-electron chi connectivity index (χ0n) is 10.1. The molecule has 0 bridgehead atoms. The Hall–Kier alpha value is -0.870. The van der Waals surface area contributed by atoms with Crippen molar-refractivity contribution in [3.8, 4) is 0 Å². The summed E-state index contributed by atoms with van der Waals surface area (Å²) in [4.78, 5) is 13.1. The van der Waals surface area contributed by atoms with Crippen molar-refractivity contribution in [3.05, 3.63) is 22.4 Å². The molecular weight excluding hydrogens is 220 g/mol. The van der Waals surface area contributed by atoms with E-state index in [2.05, 4.69) is 18.3 Å². The van der Waals surface area contributed by atoms with Crippen molar-refractivity contribution in [2.45, 2.75) is 39.3 Å². The van der Waals surface area contributed by atoms with Crippen LogP contribution in [0, 0.1) is 5.92 Å². The molecule has 0 fully saturated rings. The summed E-state index contributed by atoms with van der Waals surface area (Å²) in [5, 5.41) is 5.07. The van der Waals surface area contributed by atoms with Crippen LogP contribution in [0.1, 0.15) is 38.1 Å². The second-order valence-corrected chi connectivity index (χ2v) is 5.11. The summed E-state index contributed by atoms with van der Waals surface area (Å²) >= 11 is 1.67. The number of thiophene rings is 1. The Bertz CT molecular complexity index is 322. The van der Waals surface area contributed by atoms with E-state index in [0.29, 0.717) is 0 Å². The van der Waals surface area contributed by atoms with Gasteiger partial charge in [-0.25, -0.2) is 0 Å². The molecule has 0 radical (unpaired) electrons. The fourth-order valence-corrected chi connectivity index (χ4v) is 2.27. The molecule has 1 rings (SSSR count). The smallest absolute Gasteiger partial charge is 0.224 e. The number of hydrogen-bond acceptors (Lipinski definition) is 3. The summed E-state index contributed by atoms with van der Waals surface area (Å²) in [6, 6.07) is 4.06. The van der Waals surface area contributed by atoms with Crippen LogP contribution in [0.3, 0.4) is 0 Å². The van der Waals surface area contributed by atoms with Gasteiger partial charge in [-0.05, 0) is 24.8 Å². The number of carbonyl (C=O) groups is 1. The van der Waals surface area contributed by atoms with Crippen LogP contribution in [0.2, 0.25) is 0 Å². The number of nitrogens with one attached hydrogen (secondary N) is 1. The van der Waals surface area contributed by atoms with Gasteiger partial charge in [-0.15, -0.1) is 11.3 Å². The topological polar surface area (TPSA) is 55.1 Å². The van der Waals surface area contributed by atoms with Crippen molar-refractivity contribution in [1.82, 2.24) is 5.32 Å². The summed E-state index contributed by atoms with van der Waals surface area (Å²) < 4.78 is 0. The van der Waals surface area contributed by atoms with E-state index < -0.39 is 0 Å². The molecule has 0 aromatic carbocycles. The van der Waals surface area contributed by atoms with Crippen molar-refractivity contribution in [1.29, 1.82) is 0 Å². The predicted octanol–water partition coefficient (Wildman–Crippen LogP) is 2.30. The van der Waals surface area contributed by atoms with Gasteiger partial charge in [0.15, 0.2) is 0 Å². The van der Waals surface area contributed by atoms with Gasteiger partial charge in [-0.2, -0.15) is 0 Å². The van der Waals surface area contributed by atoms with Gasteiger partial charge in [0.1, 0.15) is 0 Å². The van der Waals surface area contributed by atoms with Crippen molar-refractivity contribution >= 4 is 17.2 Å². The maximum atomic E-state index is 11.9. The van der Waals surface area contributed by atoms with Crippen LogP contribution >= 0.6 is 11.3 Å². The molecule has 0 aliphatic carbocycles. The molecule has 0 saturated heterocycles. The first-order chi connectivity index (χ1) is 7.56. The van der Waals surface area contributed by atoms with E-state index in [-0.39, 0.29) is 23.9 Å². The summed E-state index contributed by atoms with van der Waals surface area (Å²) in [6.07, 6.45) is 0.901. The Morgan fingerprint density at radius 1 is 1.56 bits per heavy atom. The SMILES string of the molecule is CCC(NC(=O)C(C)C(C)N)c1cccs1. The van der Waals surface area contributed by atoms with E-state index in [1.807, 2.05) is 25.3 Å². The molecule has 90 valence electrons. The van der Waals surface area contributed by atoms with Crippen LogP contribution in [-0.4, -0.2) is 11.9 Å². The Balaban J connectivity index is 2.61. The first-order valence-electron chi connectivity index (χ1n) is 5.65. The van der Waals surface area contributed by atoms with Crippen LogP contribution < -0.4 is 11.1 Å². The highest BCUT2D eigenvalue weighted by Crippen LogP contribution is 2.22. The maximum Gasteiger partial charge on any atom is 0.224 e. The van der Waals surface area contributed by atoms with Crippen LogP contribution in [0.25, 0.3) is 0 Å². The molecular formula is C12H20N2OS. The van der Waals surface area contributed by atoms with Gasteiger partial charge in [-0.3, -0.25) is 4.79 Å². The number of amides is 1. The summed E-state index contributed by atoms with van der Waals surface area (Å²) in [7, 11) is 0. The van der Waals surface area contributed by atoms with Crippen molar-refractivity contribution < 1.29 is 4.79 Å². The average Bonchev–Trinajstić information content (AvgIpc) is 2.77. The highest BCUT2D eigenvalue weighted by molar-refractivity contribution is 7.10. The number of hydrogen-bond donors (Lipinski definition) is 2. The molecule has 1 amide bonds. The lowest BCUT2D eigenvalue weighted by atomic mass is 10.0. The molecule has 0 spiro atoms. The zero-order chi connectivity index (χ0) is 12.1. The standard InChI is InChI=1S/C12H20N2OS/c1-4-10(11-6-5-7-16-11)14-12(15)8(2)9(3)13/h5-10H,4,13H2,1-3H3,(H,14,15). The second-order valence-electron chi connectivity index (χ2n) is 4.13. The first kappa shape index (κ1) is 13.2. The molecule has 1 aromatic rings. The fraction of sp³-hybridized carbons (Fsp3) is 0.583. The molecule has 3 nitrogen and oxygen atoms in total. The molecule has 0 aliphatic heterocycles. The quantitative estimate of drug-likeness (QED) is 0.829. The molecule has 4 heteroatoms. The Morgan fingerprint density at radius 2 is 2.25 bits per heavy atom. The lowest BCUT2D eigenvalue weighted by Crippen LogP contribution is -2.39. The van der Waals surface area contributed by atoms with Crippen molar-refractivity contribution in [2.75, 3.05) is 0 Å². The third kappa shape index (κ3) is 3.32. The van der Waals surface area contributed by atoms with Gasteiger partial charge >= 0.3 is 0 Å². The van der Waals surface area contributed by atoms with Crippen molar-refractivity contribution in [3.63, 3.8) is 0 Å². The van der Waals surface area contributed by atoms with Gasteiger partial charge in [0, 0.05) is 16.8 Å². The molecule has 3 unspecified atom stereocenters. The van der Waals surface area contributed by atoms with E-state index in [9.17, 15) is 4.79 Å². The molecule has 0 saturated carbocycles. The predicted molar refractivity (Wildman–Crippen MR) is 68.3 cm³/mol. The number of carbonyl (C=O) groups excluding carboxylic acids is 1. The Labute approximate surface area is 101 Å². The third-order valence-electron chi connectivity index (χ3n) is 2.81. The van der Waals surface area contributed by atoms with E-state index in [4.69, 9.17) is 5.73 Å². The highest BCUT2D eigenvalue weighted by atomic mass is 32.1. The summed E-state index contributed by atoms with van der Waals surface area (Å²) in [5.41, 5.74) is 5.71. The third-order valence-corrected chi connectivity index (χ3v) is 3.80. The largest absolute Gasteiger partial charge is 0.348 e. The Morgan fingerprint density at radius 3 is 2.69 bits per heavy atom. The minimum absolute atomic E-state index is 0.0373. The Kier molecular flexibility index (Phi) is 4.96. The van der Waals surface area contributed by atoms with E-state index in [1.54, 1.807) is 11.3 Å². The first-order valence-corrected chi connectivity index (χ1v) is 6.53. The van der Waals surface area contributed by atoms with Crippen LogP contribution in [0.4, 0.5) is 0 Å².